The zero-order valence-electron chi connectivity index (χ0n) is 13.2. The van der Waals surface area contributed by atoms with Gasteiger partial charge >= 0.3 is 6.18 Å². The van der Waals surface area contributed by atoms with Crippen molar-refractivity contribution in [1.82, 2.24) is 9.78 Å². The first-order chi connectivity index (χ1) is 12.6. The fourth-order valence-electron chi connectivity index (χ4n) is 2.46. The summed E-state index contributed by atoms with van der Waals surface area (Å²) < 4.78 is 66.8. The van der Waals surface area contributed by atoms with Gasteiger partial charge in [-0.1, -0.05) is 22.5 Å². The molecule has 2 N–H and O–H groups in total. The molecule has 0 atom stereocenters. The number of allylic oxidation sites excluding steroid dienone is 2. The average Bonchev–Trinajstić information content (AvgIpc) is 2.98. The summed E-state index contributed by atoms with van der Waals surface area (Å²) >= 11 is 2.95. The van der Waals surface area contributed by atoms with Crippen LogP contribution in [0.5, 0.6) is 0 Å². The molecule has 0 fully saturated rings. The van der Waals surface area contributed by atoms with Gasteiger partial charge in [0.05, 0.1) is 17.4 Å². The standard InChI is InChI=1S/C16H10BrF5N4O/c1-7-4-12(13(18)19)26-14(24-7)9(6-23-26)15(27)25-11-3-2-8(17)5-10(11)16(20,21)22/h2-6,13,24H,1H2,(H,25,27). The summed E-state index contributed by atoms with van der Waals surface area (Å²) in [7, 11) is 0. The number of rotatable bonds is 3. The molecule has 0 bridgehead atoms. The number of aromatic nitrogens is 2. The molecule has 0 aliphatic carbocycles. The van der Waals surface area contributed by atoms with Crippen LogP contribution < -0.4 is 10.6 Å². The number of fused-ring (bicyclic) bond motifs is 1. The van der Waals surface area contributed by atoms with Crippen molar-refractivity contribution in [3.8, 4) is 0 Å². The number of hydrogen-bond acceptors (Lipinski definition) is 3. The molecule has 1 amide bonds. The van der Waals surface area contributed by atoms with Gasteiger partial charge in [-0.3, -0.25) is 4.79 Å². The number of halogens is 6. The fraction of sp³-hybridized carbons (Fsp3) is 0.125. The lowest BCUT2D eigenvalue weighted by atomic mass is 10.1. The minimum Gasteiger partial charge on any atom is -0.340 e. The van der Waals surface area contributed by atoms with E-state index < -0.39 is 35.5 Å². The molecule has 0 saturated carbocycles. The van der Waals surface area contributed by atoms with Crippen LogP contribution in [0, 0.1) is 0 Å². The Morgan fingerprint density at radius 2 is 2.04 bits per heavy atom. The van der Waals surface area contributed by atoms with Gasteiger partial charge in [0.2, 0.25) is 0 Å². The Balaban J connectivity index is 1.97. The van der Waals surface area contributed by atoms with Gasteiger partial charge in [0.25, 0.3) is 12.3 Å². The van der Waals surface area contributed by atoms with Gasteiger partial charge in [0.15, 0.2) is 0 Å². The number of hydrogen-bond donors (Lipinski definition) is 2. The number of nitrogens with zero attached hydrogens (tertiary/aromatic N) is 2. The summed E-state index contributed by atoms with van der Waals surface area (Å²) in [4.78, 5) is 12.5. The van der Waals surface area contributed by atoms with Crippen molar-refractivity contribution in [3.63, 3.8) is 0 Å². The molecule has 0 radical (unpaired) electrons. The monoisotopic (exact) mass is 448 g/mol. The van der Waals surface area contributed by atoms with E-state index in [0.29, 0.717) is 0 Å². The predicted octanol–water partition coefficient (Wildman–Crippen LogP) is 4.96. The summed E-state index contributed by atoms with van der Waals surface area (Å²) in [6, 6.07) is 3.23. The summed E-state index contributed by atoms with van der Waals surface area (Å²) in [5, 5.41) is 8.48. The van der Waals surface area contributed by atoms with Crippen LogP contribution in [0.15, 0.2) is 47.2 Å². The summed E-state index contributed by atoms with van der Waals surface area (Å²) in [5.41, 5.74) is -2.16. The van der Waals surface area contributed by atoms with Crippen molar-refractivity contribution in [2.75, 3.05) is 10.6 Å². The Hall–Kier alpha value is -2.69. The van der Waals surface area contributed by atoms with Crippen molar-refractivity contribution >= 4 is 39.0 Å². The van der Waals surface area contributed by atoms with Crippen molar-refractivity contribution in [3.05, 3.63) is 58.3 Å². The third kappa shape index (κ3) is 3.72. The summed E-state index contributed by atoms with van der Waals surface area (Å²) in [6.45, 7) is 3.52. The Bertz CT molecular complexity index is 964. The van der Waals surface area contributed by atoms with E-state index in [1.54, 1.807) is 0 Å². The van der Waals surface area contributed by atoms with Crippen LogP contribution >= 0.6 is 15.9 Å². The van der Waals surface area contributed by atoms with E-state index >= 15 is 0 Å². The maximum absolute atomic E-state index is 13.2. The van der Waals surface area contributed by atoms with Gasteiger partial charge in [0.1, 0.15) is 17.1 Å². The van der Waals surface area contributed by atoms with Crippen LogP contribution in [0.3, 0.4) is 0 Å². The Morgan fingerprint density at radius 1 is 1.33 bits per heavy atom. The van der Waals surface area contributed by atoms with Gasteiger partial charge in [0, 0.05) is 10.2 Å². The van der Waals surface area contributed by atoms with E-state index in [0.717, 1.165) is 29.1 Å². The first-order valence-electron chi connectivity index (χ1n) is 7.30. The predicted molar refractivity (Wildman–Crippen MR) is 92.4 cm³/mol. The van der Waals surface area contributed by atoms with Gasteiger partial charge in [-0.25, -0.2) is 13.5 Å². The van der Waals surface area contributed by atoms with Gasteiger partial charge in [-0.05, 0) is 24.3 Å². The molecule has 0 spiro atoms. The Labute approximate surface area is 157 Å². The van der Waals surface area contributed by atoms with E-state index in [2.05, 4.69) is 38.2 Å². The first-order valence-corrected chi connectivity index (χ1v) is 8.09. The van der Waals surface area contributed by atoms with E-state index in [1.165, 1.54) is 6.07 Å². The molecule has 0 unspecified atom stereocenters. The average molecular weight is 449 g/mol. The minimum absolute atomic E-state index is 0.0898. The van der Waals surface area contributed by atoms with Crippen LogP contribution in [0.1, 0.15) is 15.9 Å². The number of carbonyl (C=O) groups excluding carboxylic acids is 1. The van der Waals surface area contributed by atoms with Crippen molar-refractivity contribution in [1.29, 1.82) is 0 Å². The third-order valence-electron chi connectivity index (χ3n) is 3.62. The number of benzene rings is 1. The maximum Gasteiger partial charge on any atom is 0.418 e. The van der Waals surface area contributed by atoms with Crippen LogP contribution in [0.25, 0.3) is 5.70 Å². The highest BCUT2D eigenvalue weighted by Gasteiger charge is 2.35. The lowest BCUT2D eigenvalue weighted by Gasteiger charge is -2.20. The molecular weight excluding hydrogens is 439 g/mol. The lowest BCUT2D eigenvalue weighted by Crippen LogP contribution is -2.21. The van der Waals surface area contributed by atoms with E-state index in [9.17, 15) is 26.7 Å². The smallest absolute Gasteiger partial charge is 0.340 e. The van der Waals surface area contributed by atoms with Crippen LogP contribution in [-0.4, -0.2) is 22.1 Å². The number of amides is 1. The van der Waals surface area contributed by atoms with E-state index in [1.807, 2.05) is 0 Å². The summed E-state index contributed by atoms with van der Waals surface area (Å²) in [6.07, 6.45) is -5.55. The molecule has 2 aromatic rings. The normalized spacial score (nSPS) is 13.9. The Kier molecular flexibility index (Phi) is 4.81. The molecular formula is C16H10BrF5N4O. The molecule has 0 saturated heterocycles. The maximum atomic E-state index is 13.2. The molecule has 5 nitrogen and oxygen atoms in total. The second-order valence-electron chi connectivity index (χ2n) is 5.48. The zero-order valence-corrected chi connectivity index (χ0v) is 14.8. The van der Waals surface area contributed by atoms with Crippen LogP contribution in [0.2, 0.25) is 0 Å². The second-order valence-corrected chi connectivity index (χ2v) is 6.40. The zero-order chi connectivity index (χ0) is 19.9. The summed E-state index contributed by atoms with van der Waals surface area (Å²) in [5.74, 6) is -1.05. The molecule has 1 aliphatic rings. The van der Waals surface area contributed by atoms with Crippen molar-refractivity contribution in [2.45, 2.75) is 12.6 Å². The molecule has 2 heterocycles. The van der Waals surface area contributed by atoms with Crippen molar-refractivity contribution in [2.24, 2.45) is 0 Å². The van der Waals surface area contributed by atoms with E-state index in [4.69, 9.17) is 0 Å². The molecule has 11 heteroatoms. The minimum atomic E-state index is -4.71. The highest BCUT2D eigenvalue weighted by molar-refractivity contribution is 9.10. The van der Waals surface area contributed by atoms with Crippen LogP contribution in [-0.2, 0) is 6.18 Å². The Morgan fingerprint density at radius 3 is 2.67 bits per heavy atom. The molecule has 142 valence electrons. The van der Waals surface area contributed by atoms with Gasteiger partial charge in [-0.15, -0.1) is 0 Å². The highest BCUT2D eigenvalue weighted by Crippen LogP contribution is 2.37. The van der Waals surface area contributed by atoms with Gasteiger partial charge < -0.3 is 10.6 Å². The number of alkyl halides is 5. The number of carbonyl (C=O) groups is 1. The second kappa shape index (κ2) is 6.80. The molecule has 1 aliphatic heterocycles. The van der Waals surface area contributed by atoms with Crippen molar-refractivity contribution < 1.29 is 26.7 Å². The molecule has 27 heavy (non-hydrogen) atoms. The quantitative estimate of drug-likeness (QED) is 0.652. The fourth-order valence-corrected chi connectivity index (χ4v) is 2.82. The van der Waals surface area contributed by atoms with Gasteiger partial charge in [-0.2, -0.15) is 18.3 Å². The van der Waals surface area contributed by atoms with Crippen LogP contribution in [0.4, 0.5) is 33.5 Å². The van der Waals surface area contributed by atoms with E-state index in [-0.39, 0.29) is 21.6 Å². The highest BCUT2D eigenvalue weighted by atomic mass is 79.9. The third-order valence-corrected chi connectivity index (χ3v) is 4.11. The molecule has 1 aromatic heterocycles. The molecule has 1 aromatic carbocycles. The largest absolute Gasteiger partial charge is 0.418 e. The number of anilines is 2. The number of nitrogens with one attached hydrogen (secondary N) is 2. The lowest BCUT2D eigenvalue weighted by molar-refractivity contribution is -0.136. The SMILES string of the molecule is C=C1C=C(C(F)F)n2ncc(C(=O)Nc3ccc(Br)cc3C(F)(F)F)c2N1. The molecule has 3 rings (SSSR count). The topological polar surface area (TPSA) is 59.0 Å². The first kappa shape index (κ1) is 19.1.